The first-order valence-corrected chi connectivity index (χ1v) is 12.1. The van der Waals surface area contributed by atoms with E-state index in [0.717, 1.165) is 16.7 Å². The molecule has 3 amide bonds. The first-order chi connectivity index (χ1) is 16.7. The average molecular weight is 498 g/mol. The molecule has 0 spiro atoms. The number of nitrogens with two attached hydrogens (primary N) is 1. The number of aromatic hydroxyl groups is 1. The Bertz CT molecular complexity index is 1060. The number of hydrogen-bond acceptors (Lipinski definition) is 5. The van der Waals surface area contributed by atoms with Crippen LogP contribution < -0.4 is 5.73 Å². The molecule has 0 saturated heterocycles. The molecule has 0 radical (unpaired) electrons. The van der Waals surface area contributed by atoms with Gasteiger partial charge in [-0.05, 0) is 34.1 Å². The zero-order chi connectivity index (χ0) is 27.2. The Morgan fingerprint density at radius 3 is 2.11 bits per heavy atom. The first kappa shape index (κ1) is 28.7. The minimum Gasteiger partial charge on any atom is -0.508 e. The molecule has 2 atom stereocenters. The largest absolute Gasteiger partial charge is 0.508 e. The summed E-state index contributed by atoms with van der Waals surface area (Å²) in [5.41, 5.74) is 7.73. The first-order valence-electron chi connectivity index (χ1n) is 12.1. The van der Waals surface area contributed by atoms with E-state index in [2.05, 4.69) is 0 Å². The molecule has 2 aromatic rings. The van der Waals surface area contributed by atoms with Crippen LogP contribution in [0.2, 0.25) is 0 Å². The number of likely N-dealkylation sites (N-methyl/N-ethyl adjacent to an activating group) is 2. The summed E-state index contributed by atoms with van der Waals surface area (Å²) in [6.07, 6.45) is -0.461. The predicted octanol–water partition coefficient (Wildman–Crippen LogP) is 3.84. The number of carbonyl (C=O) groups excluding carboxylic acids is 3. The molecule has 8 nitrogen and oxygen atoms in total. The van der Waals surface area contributed by atoms with Crippen LogP contribution in [0.3, 0.4) is 0 Å². The van der Waals surface area contributed by atoms with E-state index >= 15 is 0 Å². The van der Waals surface area contributed by atoms with Gasteiger partial charge in [0.1, 0.15) is 24.4 Å². The van der Waals surface area contributed by atoms with Gasteiger partial charge in [0.15, 0.2) is 0 Å². The minimum atomic E-state index is -0.940. The molecule has 0 bridgehead atoms. The lowest BCUT2D eigenvalue weighted by Gasteiger charge is -2.35. The number of amides is 3. The number of rotatable bonds is 9. The van der Waals surface area contributed by atoms with E-state index in [-0.39, 0.29) is 30.1 Å². The fourth-order valence-electron chi connectivity index (χ4n) is 4.16. The molecule has 2 aromatic carbocycles. The molecule has 36 heavy (non-hydrogen) atoms. The highest BCUT2D eigenvalue weighted by Crippen LogP contribution is 2.31. The van der Waals surface area contributed by atoms with Gasteiger partial charge in [0.05, 0.1) is 0 Å². The Morgan fingerprint density at radius 1 is 0.972 bits per heavy atom. The zero-order valence-corrected chi connectivity index (χ0v) is 22.3. The summed E-state index contributed by atoms with van der Waals surface area (Å²) in [5, 5.41) is 10.3. The van der Waals surface area contributed by atoms with Crippen molar-refractivity contribution in [2.75, 3.05) is 14.1 Å². The fraction of sp³-hybridized carbons (Fsp3) is 0.464. The summed E-state index contributed by atoms with van der Waals surface area (Å²) >= 11 is 0. The number of phenols is 1. The third-order valence-electron chi connectivity index (χ3n) is 6.24. The molecule has 8 heteroatoms. The van der Waals surface area contributed by atoms with Gasteiger partial charge in [0, 0.05) is 20.5 Å². The molecule has 0 heterocycles. The molecule has 0 aliphatic carbocycles. The molecule has 0 fully saturated rings. The van der Waals surface area contributed by atoms with Crippen LogP contribution in [0.15, 0.2) is 48.5 Å². The lowest BCUT2D eigenvalue weighted by Crippen LogP contribution is -2.56. The van der Waals surface area contributed by atoms with Crippen LogP contribution in [0.4, 0.5) is 4.79 Å². The van der Waals surface area contributed by atoms with Crippen molar-refractivity contribution in [3.05, 3.63) is 65.2 Å². The van der Waals surface area contributed by atoms with E-state index in [1.54, 1.807) is 12.1 Å². The highest BCUT2D eigenvalue weighted by Gasteiger charge is 2.36. The van der Waals surface area contributed by atoms with Crippen LogP contribution in [0, 0.1) is 5.92 Å². The lowest BCUT2D eigenvalue weighted by atomic mass is 9.84. The summed E-state index contributed by atoms with van der Waals surface area (Å²) in [4.78, 5) is 41.3. The van der Waals surface area contributed by atoms with E-state index in [1.165, 1.54) is 23.9 Å². The van der Waals surface area contributed by atoms with Crippen molar-refractivity contribution in [2.24, 2.45) is 11.7 Å². The van der Waals surface area contributed by atoms with Crippen LogP contribution in [0.5, 0.6) is 5.75 Å². The Balaban J connectivity index is 2.22. The van der Waals surface area contributed by atoms with Crippen molar-refractivity contribution in [1.82, 2.24) is 9.80 Å². The number of primary amides is 1. The number of phenolic OH excluding ortho intramolecular Hbond substituents is 1. The summed E-state index contributed by atoms with van der Waals surface area (Å²) in [6.45, 7) is 9.67. The molecule has 0 unspecified atom stereocenters. The molecule has 0 aromatic heterocycles. The molecular formula is C28H39N3O5. The van der Waals surface area contributed by atoms with Crippen molar-refractivity contribution in [3.8, 4) is 5.75 Å². The van der Waals surface area contributed by atoms with E-state index in [1.807, 2.05) is 71.0 Å². The van der Waals surface area contributed by atoms with Crippen molar-refractivity contribution in [3.63, 3.8) is 0 Å². The predicted molar refractivity (Wildman–Crippen MR) is 139 cm³/mol. The lowest BCUT2D eigenvalue weighted by molar-refractivity contribution is -0.142. The van der Waals surface area contributed by atoms with Crippen molar-refractivity contribution < 1.29 is 24.2 Å². The summed E-state index contributed by atoms with van der Waals surface area (Å²) in [5.74, 6) is -1.15. The number of hydrogen-bond donors (Lipinski definition) is 2. The smallest absolute Gasteiger partial charge is 0.410 e. The van der Waals surface area contributed by atoms with Crippen LogP contribution in [-0.2, 0) is 32.8 Å². The summed E-state index contributed by atoms with van der Waals surface area (Å²) in [6, 6.07) is 12.6. The van der Waals surface area contributed by atoms with E-state index < -0.39 is 30.0 Å². The third kappa shape index (κ3) is 7.23. The molecule has 3 N–H and O–H groups in total. The van der Waals surface area contributed by atoms with Gasteiger partial charge in [-0.15, -0.1) is 0 Å². The maximum Gasteiger partial charge on any atom is 0.410 e. The van der Waals surface area contributed by atoms with Crippen molar-refractivity contribution >= 4 is 17.9 Å². The van der Waals surface area contributed by atoms with Crippen molar-refractivity contribution in [2.45, 2.75) is 65.1 Å². The second-order valence-electron chi connectivity index (χ2n) is 10.5. The maximum atomic E-state index is 13.5. The number of carbonyl (C=O) groups is 3. The van der Waals surface area contributed by atoms with Gasteiger partial charge < -0.3 is 20.5 Å². The standard InChI is InChI=1S/C28H39N3O5/c1-18(2)24(31(7)27(35)36-17-19-11-9-8-10-12-19)26(34)30(6)22(25(29)33)16-20-13-14-23(32)21(15-20)28(3,4)5/h8-15,18,22,24,32H,16-17H2,1-7H3,(H2,29,33)/t22-,24-/m0/s1. The monoisotopic (exact) mass is 497 g/mol. The molecule has 0 aliphatic heterocycles. The zero-order valence-electron chi connectivity index (χ0n) is 22.3. The topological polar surface area (TPSA) is 113 Å². The minimum absolute atomic E-state index is 0.0831. The average Bonchev–Trinajstić information content (AvgIpc) is 2.80. The fourth-order valence-corrected chi connectivity index (χ4v) is 4.16. The van der Waals surface area contributed by atoms with Crippen LogP contribution >= 0.6 is 0 Å². The van der Waals surface area contributed by atoms with Gasteiger partial charge >= 0.3 is 6.09 Å². The molecule has 196 valence electrons. The number of nitrogens with zero attached hydrogens (tertiary/aromatic N) is 2. The van der Waals surface area contributed by atoms with Gasteiger partial charge in [0.25, 0.3) is 0 Å². The molecule has 2 rings (SSSR count). The Kier molecular flexibility index (Phi) is 9.50. The number of benzene rings is 2. The van der Waals surface area contributed by atoms with Gasteiger partial charge in [-0.1, -0.05) is 77.1 Å². The SMILES string of the molecule is CC(C)[C@@H](C(=O)N(C)[C@@H](Cc1ccc(O)c(C(C)(C)C)c1)C(N)=O)N(C)C(=O)OCc1ccccc1. The Morgan fingerprint density at radius 2 is 1.58 bits per heavy atom. The Labute approximate surface area is 214 Å². The maximum absolute atomic E-state index is 13.5. The van der Waals surface area contributed by atoms with Gasteiger partial charge in [-0.25, -0.2) is 4.79 Å². The van der Waals surface area contributed by atoms with Crippen LogP contribution in [0.25, 0.3) is 0 Å². The van der Waals surface area contributed by atoms with E-state index in [4.69, 9.17) is 10.5 Å². The summed E-state index contributed by atoms with van der Waals surface area (Å²) < 4.78 is 5.41. The summed E-state index contributed by atoms with van der Waals surface area (Å²) in [7, 11) is 3.03. The van der Waals surface area contributed by atoms with Gasteiger partial charge in [-0.3, -0.25) is 14.5 Å². The van der Waals surface area contributed by atoms with E-state index in [0.29, 0.717) is 0 Å². The normalized spacial score (nSPS) is 13.1. The van der Waals surface area contributed by atoms with Gasteiger partial charge in [0.2, 0.25) is 11.8 Å². The molecular weight excluding hydrogens is 458 g/mol. The number of ether oxygens (including phenoxy) is 1. The highest BCUT2D eigenvalue weighted by atomic mass is 16.6. The highest BCUT2D eigenvalue weighted by molar-refractivity contribution is 5.91. The second kappa shape index (κ2) is 11.9. The van der Waals surface area contributed by atoms with Crippen molar-refractivity contribution in [1.29, 1.82) is 0 Å². The quantitative estimate of drug-likeness (QED) is 0.547. The molecule has 0 aliphatic rings. The van der Waals surface area contributed by atoms with Gasteiger partial charge in [-0.2, -0.15) is 0 Å². The second-order valence-corrected chi connectivity index (χ2v) is 10.5. The Hall–Kier alpha value is -3.55. The molecule has 0 saturated carbocycles. The third-order valence-corrected chi connectivity index (χ3v) is 6.24. The van der Waals surface area contributed by atoms with E-state index in [9.17, 15) is 19.5 Å². The van der Waals surface area contributed by atoms with Crippen LogP contribution in [0.1, 0.15) is 51.3 Å². The van der Waals surface area contributed by atoms with Crippen LogP contribution in [-0.4, -0.2) is 59.0 Å².